The number of carboxylic acid groups (broad SMARTS) is 1. The molecule has 0 radical (unpaired) electrons. The Labute approximate surface area is 167 Å². The molecule has 1 unspecified atom stereocenters. The van der Waals surface area contributed by atoms with E-state index < -0.39 is 12.3 Å². The number of ether oxygens (including phenoxy) is 1. The van der Waals surface area contributed by atoms with Gasteiger partial charge in [0.15, 0.2) is 0 Å². The summed E-state index contributed by atoms with van der Waals surface area (Å²) in [6.07, 6.45) is 7.36. The Morgan fingerprint density at radius 1 is 0.929 bits per heavy atom. The van der Waals surface area contributed by atoms with Gasteiger partial charge in [-0.05, 0) is 41.7 Å². The molecular weight excluding hydrogens is 350 g/mol. The lowest BCUT2D eigenvalue weighted by molar-refractivity contribution is 0.0464. The van der Waals surface area contributed by atoms with Crippen molar-refractivity contribution in [3.05, 3.63) is 59.7 Å². The third kappa shape index (κ3) is 7.08. The lowest BCUT2D eigenvalue weighted by Gasteiger charge is -2.17. The van der Waals surface area contributed by atoms with Crippen molar-refractivity contribution in [3.8, 4) is 17.2 Å². The van der Waals surface area contributed by atoms with Crippen LogP contribution in [0.2, 0.25) is 0 Å². The van der Waals surface area contributed by atoms with E-state index in [-0.39, 0.29) is 0 Å². The van der Waals surface area contributed by atoms with Gasteiger partial charge in [-0.3, -0.25) is 0 Å². The van der Waals surface area contributed by atoms with Gasteiger partial charge in [0.2, 0.25) is 0 Å². The number of hydrogen-bond acceptors (Lipinski definition) is 3. The summed E-state index contributed by atoms with van der Waals surface area (Å²) in [6, 6.07) is 17.3. The van der Waals surface area contributed by atoms with Crippen LogP contribution >= 0.6 is 0 Å². The zero-order valence-corrected chi connectivity index (χ0v) is 16.6. The van der Waals surface area contributed by atoms with Crippen LogP contribution in [0.3, 0.4) is 0 Å². The topological polar surface area (TPSA) is 70.3 Å². The Balaban J connectivity index is 1.95. The van der Waals surface area contributed by atoms with Gasteiger partial charge in [-0.2, -0.15) is 5.26 Å². The van der Waals surface area contributed by atoms with E-state index in [1.807, 2.05) is 36.4 Å². The molecule has 0 spiro atoms. The number of hydrogen-bond donors (Lipinski definition) is 1. The normalized spacial score (nSPS) is 11.6. The van der Waals surface area contributed by atoms with E-state index in [4.69, 9.17) is 15.1 Å². The Bertz CT molecular complexity index is 760. The molecule has 1 atom stereocenters. The Morgan fingerprint density at radius 3 is 2.00 bits per heavy atom. The highest BCUT2D eigenvalue weighted by Crippen LogP contribution is 2.28. The molecule has 0 aliphatic rings. The molecule has 0 aliphatic heterocycles. The van der Waals surface area contributed by atoms with Crippen molar-refractivity contribution in [1.82, 2.24) is 0 Å². The van der Waals surface area contributed by atoms with Gasteiger partial charge < -0.3 is 9.84 Å². The van der Waals surface area contributed by atoms with Crippen LogP contribution in [0.5, 0.6) is 0 Å². The summed E-state index contributed by atoms with van der Waals surface area (Å²) < 4.78 is 5.14. The van der Waals surface area contributed by atoms with E-state index in [0.29, 0.717) is 12.0 Å². The van der Waals surface area contributed by atoms with Crippen molar-refractivity contribution in [3.63, 3.8) is 0 Å². The summed E-state index contributed by atoms with van der Waals surface area (Å²) in [7, 11) is 0. The maximum atomic E-state index is 11.1. The quantitative estimate of drug-likeness (QED) is 0.334. The van der Waals surface area contributed by atoms with Crippen molar-refractivity contribution < 1.29 is 14.6 Å². The molecule has 0 aliphatic carbocycles. The van der Waals surface area contributed by atoms with Gasteiger partial charge in [0.05, 0.1) is 11.6 Å². The molecule has 0 amide bonds. The Morgan fingerprint density at radius 2 is 1.46 bits per heavy atom. The van der Waals surface area contributed by atoms with E-state index in [2.05, 4.69) is 13.0 Å². The number of carbonyl (C=O) groups is 1. The van der Waals surface area contributed by atoms with Crippen LogP contribution in [0.25, 0.3) is 11.1 Å². The van der Waals surface area contributed by atoms with Gasteiger partial charge in [0.25, 0.3) is 0 Å². The van der Waals surface area contributed by atoms with Crippen LogP contribution in [0.1, 0.15) is 75.5 Å². The van der Waals surface area contributed by atoms with E-state index in [0.717, 1.165) is 29.5 Å². The molecule has 28 heavy (non-hydrogen) atoms. The molecular formula is C24H29NO3. The number of nitriles is 1. The van der Waals surface area contributed by atoms with Gasteiger partial charge in [0, 0.05) is 0 Å². The van der Waals surface area contributed by atoms with Gasteiger partial charge in [-0.1, -0.05) is 81.8 Å². The first-order valence-corrected chi connectivity index (χ1v) is 10.1. The largest absolute Gasteiger partial charge is 0.506 e. The summed E-state index contributed by atoms with van der Waals surface area (Å²) in [5, 5.41) is 18.0. The second-order valence-electron chi connectivity index (χ2n) is 7.09. The average molecular weight is 380 g/mol. The van der Waals surface area contributed by atoms with Crippen molar-refractivity contribution in [2.24, 2.45) is 0 Å². The van der Waals surface area contributed by atoms with Crippen LogP contribution in [-0.2, 0) is 4.74 Å². The maximum absolute atomic E-state index is 11.1. The maximum Gasteiger partial charge on any atom is 0.506 e. The lowest BCUT2D eigenvalue weighted by Crippen LogP contribution is -2.09. The molecule has 4 heteroatoms. The SMILES string of the molecule is CCCCCCCCCC(OC(=O)O)c1ccc(-c2ccc(C#N)cc2)cc1. The van der Waals surface area contributed by atoms with Crippen molar-refractivity contribution >= 4 is 6.16 Å². The summed E-state index contributed by atoms with van der Waals surface area (Å²) >= 11 is 0. The number of rotatable bonds is 11. The molecule has 0 saturated heterocycles. The third-order valence-corrected chi connectivity index (χ3v) is 4.94. The molecule has 0 saturated carbocycles. The Kier molecular flexibility index (Phi) is 9.07. The summed E-state index contributed by atoms with van der Waals surface area (Å²) in [4.78, 5) is 11.1. The predicted octanol–water partition coefficient (Wildman–Crippen LogP) is 7.10. The van der Waals surface area contributed by atoms with Gasteiger partial charge in [-0.25, -0.2) is 4.79 Å². The molecule has 1 N–H and O–H groups in total. The number of unbranched alkanes of at least 4 members (excludes halogenated alkanes) is 6. The van der Waals surface area contributed by atoms with Crippen molar-refractivity contribution in [2.45, 2.75) is 64.4 Å². The highest BCUT2D eigenvalue weighted by atomic mass is 16.7. The fourth-order valence-electron chi connectivity index (χ4n) is 3.33. The van der Waals surface area contributed by atoms with E-state index >= 15 is 0 Å². The molecule has 2 aromatic rings. The van der Waals surface area contributed by atoms with Crippen LogP contribution in [0.4, 0.5) is 4.79 Å². The predicted molar refractivity (Wildman–Crippen MR) is 111 cm³/mol. The second-order valence-corrected chi connectivity index (χ2v) is 7.09. The highest BCUT2D eigenvalue weighted by molar-refractivity contribution is 5.64. The molecule has 4 nitrogen and oxygen atoms in total. The first kappa shape index (κ1) is 21.5. The fraction of sp³-hybridized carbons (Fsp3) is 0.417. The standard InChI is InChI=1S/C24H29NO3/c1-2-3-4-5-6-7-8-9-23(28-24(26)27)22-16-14-21(15-17-22)20-12-10-19(18-25)11-13-20/h10-17,23H,2-9H2,1H3,(H,26,27). The smallest absolute Gasteiger partial charge is 0.450 e. The van der Waals surface area contributed by atoms with Crippen LogP contribution in [0, 0.1) is 11.3 Å². The summed E-state index contributed by atoms with van der Waals surface area (Å²) in [6.45, 7) is 2.21. The minimum Gasteiger partial charge on any atom is -0.450 e. The van der Waals surface area contributed by atoms with Gasteiger partial charge >= 0.3 is 6.16 Å². The molecule has 0 fully saturated rings. The minimum atomic E-state index is -1.23. The molecule has 0 bridgehead atoms. The Hall–Kier alpha value is -2.80. The van der Waals surface area contributed by atoms with E-state index in [1.165, 1.54) is 32.1 Å². The molecule has 0 heterocycles. The average Bonchev–Trinajstić information content (AvgIpc) is 2.72. The minimum absolute atomic E-state index is 0.428. The molecule has 2 aromatic carbocycles. The van der Waals surface area contributed by atoms with Gasteiger partial charge in [-0.15, -0.1) is 0 Å². The number of nitrogens with zero attached hydrogens (tertiary/aromatic N) is 1. The highest BCUT2D eigenvalue weighted by Gasteiger charge is 2.16. The van der Waals surface area contributed by atoms with E-state index in [9.17, 15) is 4.79 Å². The zero-order chi connectivity index (χ0) is 20.2. The number of benzene rings is 2. The third-order valence-electron chi connectivity index (χ3n) is 4.94. The van der Waals surface area contributed by atoms with Crippen LogP contribution in [0.15, 0.2) is 48.5 Å². The second kappa shape index (κ2) is 11.8. The first-order chi connectivity index (χ1) is 13.6. The first-order valence-electron chi connectivity index (χ1n) is 10.1. The summed E-state index contributed by atoms with van der Waals surface area (Å²) in [5.74, 6) is 0. The van der Waals surface area contributed by atoms with Crippen LogP contribution < -0.4 is 0 Å². The summed E-state index contributed by atoms with van der Waals surface area (Å²) in [5.41, 5.74) is 3.56. The fourth-order valence-corrected chi connectivity index (χ4v) is 3.33. The lowest BCUT2D eigenvalue weighted by atomic mass is 9.98. The van der Waals surface area contributed by atoms with Crippen LogP contribution in [-0.4, -0.2) is 11.3 Å². The van der Waals surface area contributed by atoms with Crippen molar-refractivity contribution in [2.75, 3.05) is 0 Å². The van der Waals surface area contributed by atoms with Crippen molar-refractivity contribution in [1.29, 1.82) is 5.26 Å². The zero-order valence-electron chi connectivity index (χ0n) is 16.6. The van der Waals surface area contributed by atoms with Gasteiger partial charge in [0.1, 0.15) is 6.10 Å². The molecule has 2 rings (SSSR count). The van der Waals surface area contributed by atoms with E-state index in [1.54, 1.807) is 12.1 Å². The monoisotopic (exact) mass is 379 g/mol. The molecule has 148 valence electrons. The molecule has 0 aromatic heterocycles.